The van der Waals surface area contributed by atoms with Crippen LogP contribution in [0.4, 0.5) is 10.1 Å². The number of halogens is 1. The molecule has 2 N–H and O–H groups in total. The van der Waals surface area contributed by atoms with Crippen molar-refractivity contribution in [1.82, 2.24) is 4.90 Å². The second kappa shape index (κ2) is 5.51. The minimum Gasteiger partial charge on any atom is -0.492 e. The molecular weight excluding hydrogens is 255 g/mol. The van der Waals surface area contributed by atoms with Gasteiger partial charge in [0.25, 0.3) is 0 Å². The molecule has 0 spiro atoms. The molecule has 0 atom stereocenters. The second-order valence-electron chi connectivity index (χ2n) is 4.99. The van der Waals surface area contributed by atoms with E-state index in [1.807, 2.05) is 24.3 Å². The summed E-state index contributed by atoms with van der Waals surface area (Å²) in [5.74, 6) is 0.606. The van der Waals surface area contributed by atoms with Gasteiger partial charge in [-0.25, -0.2) is 4.39 Å². The molecule has 104 valence electrons. The third kappa shape index (κ3) is 2.60. The topological polar surface area (TPSA) is 38.5 Å². The molecule has 20 heavy (non-hydrogen) atoms. The molecule has 3 nitrogen and oxygen atoms in total. The molecule has 3 rings (SSSR count). The summed E-state index contributed by atoms with van der Waals surface area (Å²) in [6.07, 6.45) is 0. The van der Waals surface area contributed by atoms with E-state index in [1.165, 1.54) is 0 Å². The number of nitrogen functional groups attached to an aromatic ring is 1. The lowest BCUT2D eigenvalue weighted by Gasteiger charge is -2.20. The standard InChI is InChI=1S/C16H17FN2O/c17-16-13(5-3-6-14(16)18)11-19-8-9-20-15-7-2-1-4-12(15)10-19/h1-7H,8-11,18H2. The fraction of sp³-hybridized carbons (Fsp3) is 0.250. The zero-order valence-electron chi connectivity index (χ0n) is 11.2. The molecule has 0 radical (unpaired) electrons. The summed E-state index contributed by atoms with van der Waals surface area (Å²) in [5, 5.41) is 0. The van der Waals surface area contributed by atoms with Gasteiger partial charge in [0.1, 0.15) is 12.4 Å². The van der Waals surface area contributed by atoms with Crippen molar-refractivity contribution in [1.29, 1.82) is 0 Å². The van der Waals surface area contributed by atoms with E-state index in [9.17, 15) is 4.39 Å². The average molecular weight is 272 g/mol. The monoisotopic (exact) mass is 272 g/mol. The first-order valence-corrected chi connectivity index (χ1v) is 6.70. The predicted molar refractivity (Wildman–Crippen MR) is 76.9 cm³/mol. The molecular formula is C16H17FN2O. The predicted octanol–water partition coefficient (Wildman–Crippen LogP) is 2.80. The number of nitrogens with two attached hydrogens (primary N) is 1. The van der Waals surface area contributed by atoms with E-state index >= 15 is 0 Å². The smallest absolute Gasteiger partial charge is 0.150 e. The van der Waals surface area contributed by atoms with E-state index < -0.39 is 0 Å². The Morgan fingerprint density at radius 1 is 1.15 bits per heavy atom. The number of nitrogens with zero attached hydrogens (tertiary/aromatic N) is 1. The van der Waals surface area contributed by atoms with Gasteiger partial charge in [-0.05, 0) is 12.1 Å². The third-order valence-electron chi connectivity index (χ3n) is 3.53. The number of rotatable bonds is 2. The van der Waals surface area contributed by atoms with Crippen molar-refractivity contribution < 1.29 is 9.13 Å². The fourth-order valence-electron chi connectivity index (χ4n) is 2.48. The summed E-state index contributed by atoms with van der Waals surface area (Å²) >= 11 is 0. The summed E-state index contributed by atoms with van der Waals surface area (Å²) in [6, 6.07) is 13.1. The molecule has 0 amide bonds. The second-order valence-corrected chi connectivity index (χ2v) is 4.99. The maximum atomic E-state index is 14.0. The lowest BCUT2D eigenvalue weighted by Crippen LogP contribution is -2.25. The molecule has 0 aromatic heterocycles. The molecule has 0 fully saturated rings. The van der Waals surface area contributed by atoms with Gasteiger partial charge in [-0.15, -0.1) is 0 Å². The third-order valence-corrected chi connectivity index (χ3v) is 3.53. The normalized spacial score (nSPS) is 15.2. The van der Waals surface area contributed by atoms with Gasteiger partial charge in [0.05, 0.1) is 5.69 Å². The van der Waals surface area contributed by atoms with Crippen molar-refractivity contribution in [3.8, 4) is 5.75 Å². The minimum atomic E-state index is -0.314. The quantitative estimate of drug-likeness (QED) is 0.854. The first-order valence-electron chi connectivity index (χ1n) is 6.70. The van der Waals surface area contributed by atoms with E-state index in [4.69, 9.17) is 10.5 Å². The van der Waals surface area contributed by atoms with E-state index in [1.54, 1.807) is 18.2 Å². The van der Waals surface area contributed by atoms with Crippen molar-refractivity contribution in [2.24, 2.45) is 0 Å². The number of hydrogen-bond acceptors (Lipinski definition) is 3. The Labute approximate surface area is 117 Å². The van der Waals surface area contributed by atoms with Crippen LogP contribution in [0.1, 0.15) is 11.1 Å². The van der Waals surface area contributed by atoms with Gasteiger partial charge in [0.2, 0.25) is 0 Å². The average Bonchev–Trinajstić information content (AvgIpc) is 2.65. The zero-order chi connectivity index (χ0) is 13.9. The summed E-state index contributed by atoms with van der Waals surface area (Å²) < 4.78 is 19.7. The van der Waals surface area contributed by atoms with Crippen LogP contribution in [0.25, 0.3) is 0 Å². The Balaban J connectivity index is 1.80. The van der Waals surface area contributed by atoms with Gasteiger partial charge in [-0.1, -0.05) is 30.3 Å². The van der Waals surface area contributed by atoms with Crippen molar-refractivity contribution in [3.05, 3.63) is 59.4 Å². The van der Waals surface area contributed by atoms with Gasteiger partial charge in [-0.2, -0.15) is 0 Å². The van der Waals surface area contributed by atoms with Gasteiger partial charge < -0.3 is 10.5 Å². The molecule has 2 aromatic carbocycles. The molecule has 0 saturated carbocycles. The van der Waals surface area contributed by atoms with E-state index in [0.29, 0.717) is 18.7 Å². The van der Waals surface area contributed by atoms with Crippen LogP contribution in [0.2, 0.25) is 0 Å². The molecule has 0 saturated heterocycles. The van der Waals surface area contributed by atoms with Crippen LogP contribution in [0.3, 0.4) is 0 Å². The molecule has 0 unspecified atom stereocenters. The number of ether oxygens (including phenoxy) is 1. The molecule has 2 aromatic rings. The van der Waals surface area contributed by atoms with Crippen LogP contribution in [0.5, 0.6) is 5.75 Å². The van der Waals surface area contributed by atoms with Crippen molar-refractivity contribution in [2.75, 3.05) is 18.9 Å². The van der Waals surface area contributed by atoms with E-state index in [-0.39, 0.29) is 11.5 Å². The van der Waals surface area contributed by atoms with Crippen LogP contribution in [0, 0.1) is 5.82 Å². The summed E-state index contributed by atoms with van der Waals surface area (Å²) in [7, 11) is 0. The van der Waals surface area contributed by atoms with Gasteiger partial charge in [0.15, 0.2) is 5.82 Å². The lowest BCUT2D eigenvalue weighted by atomic mass is 10.1. The van der Waals surface area contributed by atoms with Gasteiger partial charge >= 0.3 is 0 Å². The maximum absolute atomic E-state index is 14.0. The Hall–Kier alpha value is -2.07. The number of anilines is 1. The zero-order valence-corrected chi connectivity index (χ0v) is 11.2. The first kappa shape index (κ1) is 12.9. The molecule has 0 aliphatic carbocycles. The van der Waals surface area contributed by atoms with Crippen LogP contribution in [0.15, 0.2) is 42.5 Å². The molecule has 4 heteroatoms. The molecule has 1 heterocycles. The highest BCUT2D eigenvalue weighted by Crippen LogP contribution is 2.24. The first-order chi connectivity index (χ1) is 9.74. The van der Waals surface area contributed by atoms with Crippen LogP contribution in [-0.4, -0.2) is 18.1 Å². The summed E-state index contributed by atoms with van der Waals surface area (Å²) in [5.41, 5.74) is 7.58. The summed E-state index contributed by atoms with van der Waals surface area (Å²) in [4.78, 5) is 2.17. The highest BCUT2D eigenvalue weighted by molar-refractivity contribution is 5.43. The number of para-hydroxylation sites is 1. The van der Waals surface area contributed by atoms with Crippen LogP contribution < -0.4 is 10.5 Å². The Bertz CT molecular complexity index is 615. The SMILES string of the molecule is Nc1cccc(CN2CCOc3ccccc3C2)c1F. The highest BCUT2D eigenvalue weighted by atomic mass is 19.1. The van der Waals surface area contributed by atoms with Crippen molar-refractivity contribution in [3.63, 3.8) is 0 Å². The minimum absolute atomic E-state index is 0.203. The van der Waals surface area contributed by atoms with E-state index in [2.05, 4.69) is 4.90 Å². The van der Waals surface area contributed by atoms with Gasteiger partial charge in [0, 0.05) is 30.8 Å². The lowest BCUT2D eigenvalue weighted by molar-refractivity contribution is 0.217. The van der Waals surface area contributed by atoms with Crippen molar-refractivity contribution in [2.45, 2.75) is 13.1 Å². The van der Waals surface area contributed by atoms with Crippen molar-refractivity contribution >= 4 is 5.69 Å². The summed E-state index contributed by atoms with van der Waals surface area (Å²) in [6.45, 7) is 2.67. The Kier molecular flexibility index (Phi) is 3.56. The number of hydrogen-bond donors (Lipinski definition) is 1. The van der Waals surface area contributed by atoms with Crippen LogP contribution >= 0.6 is 0 Å². The fourth-order valence-corrected chi connectivity index (χ4v) is 2.48. The molecule has 1 aliphatic heterocycles. The Morgan fingerprint density at radius 3 is 2.90 bits per heavy atom. The largest absolute Gasteiger partial charge is 0.492 e. The molecule has 1 aliphatic rings. The van der Waals surface area contributed by atoms with Crippen LogP contribution in [-0.2, 0) is 13.1 Å². The molecule has 0 bridgehead atoms. The number of fused-ring (bicyclic) bond motifs is 1. The highest BCUT2D eigenvalue weighted by Gasteiger charge is 2.16. The Morgan fingerprint density at radius 2 is 2.00 bits per heavy atom. The van der Waals surface area contributed by atoms with Gasteiger partial charge in [-0.3, -0.25) is 4.90 Å². The number of benzene rings is 2. The van der Waals surface area contributed by atoms with E-state index in [0.717, 1.165) is 24.4 Å². The maximum Gasteiger partial charge on any atom is 0.150 e.